The van der Waals surface area contributed by atoms with Crippen LogP contribution in [0.1, 0.15) is 30.4 Å². The third-order valence-electron chi connectivity index (χ3n) is 5.06. The van der Waals surface area contributed by atoms with E-state index in [4.69, 9.17) is 4.74 Å². The fraction of sp³-hybridized carbons (Fsp3) is 0.647. The Labute approximate surface area is 138 Å². The minimum atomic E-state index is -3.58. The molecule has 0 unspecified atom stereocenters. The van der Waals surface area contributed by atoms with E-state index in [0.717, 1.165) is 30.4 Å². The van der Waals surface area contributed by atoms with Gasteiger partial charge in [0.15, 0.2) is 0 Å². The molecule has 1 aromatic rings. The Hall–Kier alpha value is -0.950. The molecule has 2 aliphatic rings. The maximum absolute atomic E-state index is 13.2. The van der Waals surface area contributed by atoms with E-state index in [2.05, 4.69) is 0 Å². The summed E-state index contributed by atoms with van der Waals surface area (Å²) in [6, 6.07) is 5.15. The quantitative estimate of drug-likeness (QED) is 0.913. The number of ether oxygens (including phenoxy) is 1. The zero-order valence-corrected chi connectivity index (χ0v) is 14.6. The number of rotatable bonds is 3. The monoisotopic (exact) mass is 339 g/mol. The van der Waals surface area contributed by atoms with Gasteiger partial charge in [0.2, 0.25) is 10.0 Å². The summed E-state index contributed by atoms with van der Waals surface area (Å²) in [5.74, 6) is -0.0316. The minimum Gasteiger partial charge on any atom is -0.393 e. The molecule has 5 nitrogen and oxygen atoms in total. The number of aliphatic hydroxyl groups is 1. The van der Waals surface area contributed by atoms with Crippen molar-refractivity contribution in [2.45, 2.75) is 50.2 Å². The molecule has 0 radical (unpaired) electrons. The van der Waals surface area contributed by atoms with Gasteiger partial charge in [-0.3, -0.25) is 0 Å². The summed E-state index contributed by atoms with van der Waals surface area (Å²) in [4.78, 5) is 0.363. The second kappa shape index (κ2) is 6.51. The van der Waals surface area contributed by atoms with Crippen LogP contribution in [0.2, 0.25) is 0 Å². The van der Waals surface area contributed by atoms with E-state index in [9.17, 15) is 13.5 Å². The largest absolute Gasteiger partial charge is 0.393 e. The van der Waals surface area contributed by atoms with Crippen LogP contribution in [0.5, 0.6) is 0 Å². The van der Waals surface area contributed by atoms with Gasteiger partial charge in [-0.05, 0) is 38.3 Å². The van der Waals surface area contributed by atoms with Gasteiger partial charge in [0.25, 0.3) is 0 Å². The predicted octanol–water partition coefficient (Wildman–Crippen LogP) is 1.85. The van der Waals surface area contributed by atoms with Crippen molar-refractivity contribution in [2.75, 3.05) is 19.8 Å². The average Bonchev–Trinajstić information content (AvgIpc) is 2.93. The number of morpholine rings is 1. The van der Waals surface area contributed by atoms with Crippen LogP contribution in [0, 0.1) is 19.8 Å². The summed E-state index contributed by atoms with van der Waals surface area (Å²) in [6.07, 6.45) is 2.12. The highest BCUT2D eigenvalue weighted by atomic mass is 32.2. The highest BCUT2D eigenvalue weighted by Gasteiger charge is 2.42. The first-order valence-electron chi connectivity index (χ1n) is 8.26. The Bertz CT molecular complexity index is 673. The summed E-state index contributed by atoms with van der Waals surface area (Å²) in [5, 5.41) is 10.2. The van der Waals surface area contributed by atoms with Gasteiger partial charge in [0, 0.05) is 12.5 Å². The molecule has 1 N–H and O–H groups in total. The van der Waals surface area contributed by atoms with E-state index in [1.54, 1.807) is 10.4 Å². The smallest absolute Gasteiger partial charge is 0.243 e. The van der Waals surface area contributed by atoms with E-state index < -0.39 is 16.1 Å². The lowest BCUT2D eigenvalue weighted by Crippen LogP contribution is -2.53. The van der Waals surface area contributed by atoms with Crippen LogP contribution in [0.25, 0.3) is 0 Å². The van der Waals surface area contributed by atoms with Gasteiger partial charge in [-0.1, -0.05) is 24.1 Å². The SMILES string of the molecule is Cc1ccc(S(=O)(=O)N2CCOC[C@@H]2[C@H]2CCC[C@@H]2O)c(C)c1. The molecule has 6 heteroatoms. The number of aryl methyl sites for hydroxylation is 2. The van der Waals surface area contributed by atoms with Crippen molar-refractivity contribution >= 4 is 10.0 Å². The number of nitrogens with zero attached hydrogens (tertiary/aromatic N) is 1. The molecule has 0 aromatic heterocycles. The van der Waals surface area contributed by atoms with Crippen molar-refractivity contribution in [3.8, 4) is 0 Å². The Kier molecular flexibility index (Phi) is 4.78. The maximum atomic E-state index is 13.2. The standard InChI is InChI=1S/C17H25NO4S/c1-12-6-7-17(13(2)10-12)23(20,21)18-8-9-22-11-15(18)14-4-3-5-16(14)19/h6-7,10,14-16,19H,3-5,8-9,11H2,1-2H3/t14-,15-,16+/m1/s1. The van der Waals surface area contributed by atoms with Crippen LogP contribution in [0.15, 0.2) is 23.1 Å². The summed E-state index contributed by atoms with van der Waals surface area (Å²) < 4.78 is 33.5. The van der Waals surface area contributed by atoms with Crippen LogP contribution in [-0.4, -0.2) is 49.7 Å². The Morgan fingerprint density at radius 3 is 2.70 bits per heavy atom. The summed E-state index contributed by atoms with van der Waals surface area (Å²) in [5.41, 5.74) is 1.81. The summed E-state index contributed by atoms with van der Waals surface area (Å²) >= 11 is 0. The molecule has 3 rings (SSSR count). The van der Waals surface area contributed by atoms with Crippen molar-refractivity contribution in [1.82, 2.24) is 4.31 Å². The first kappa shape index (κ1) is 16.9. The highest BCUT2D eigenvalue weighted by Crippen LogP contribution is 2.35. The van der Waals surface area contributed by atoms with Crippen LogP contribution in [0.4, 0.5) is 0 Å². The Balaban J connectivity index is 1.95. The second-order valence-electron chi connectivity index (χ2n) is 6.69. The molecule has 3 atom stereocenters. The molecular weight excluding hydrogens is 314 g/mol. The van der Waals surface area contributed by atoms with Gasteiger partial charge in [-0.15, -0.1) is 0 Å². The van der Waals surface area contributed by atoms with E-state index in [1.807, 2.05) is 26.0 Å². The zero-order chi connectivity index (χ0) is 16.6. The third kappa shape index (κ3) is 3.18. The molecule has 1 heterocycles. The molecule has 2 fully saturated rings. The van der Waals surface area contributed by atoms with E-state index in [1.165, 1.54) is 0 Å². The zero-order valence-electron chi connectivity index (χ0n) is 13.7. The Morgan fingerprint density at radius 1 is 1.26 bits per heavy atom. The van der Waals surface area contributed by atoms with Gasteiger partial charge in [-0.25, -0.2) is 8.42 Å². The van der Waals surface area contributed by atoms with Crippen molar-refractivity contribution in [3.05, 3.63) is 29.3 Å². The lowest BCUT2D eigenvalue weighted by atomic mass is 9.96. The summed E-state index contributed by atoms with van der Waals surface area (Å²) in [6.45, 7) is 4.91. The molecule has 23 heavy (non-hydrogen) atoms. The number of hydrogen-bond donors (Lipinski definition) is 1. The fourth-order valence-electron chi connectivity index (χ4n) is 3.88. The van der Waals surface area contributed by atoms with Crippen LogP contribution in [-0.2, 0) is 14.8 Å². The molecule has 0 amide bonds. The fourth-order valence-corrected chi connectivity index (χ4v) is 5.72. The van der Waals surface area contributed by atoms with Gasteiger partial charge in [-0.2, -0.15) is 4.31 Å². The molecule has 1 saturated carbocycles. The molecule has 1 aliphatic heterocycles. The molecule has 1 aliphatic carbocycles. The molecule has 1 saturated heterocycles. The number of sulfonamides is 1. The van der Waals surface area contributed by atoms with Gasteiger partial charge >= 0.3 is 0 Å². The van der Waals surface area contributed by atoms with Crippen molar-refractivity contribution < 1.29 is 18.3 Å². The lowest BCUT2D eigenvalue weighted by molar-refractivity contribution is -0.0148. The minimum absolute atomic E-state index is 0.0316. The van der Waals surface area contributed by atoms with E-state index >= 15 is 0 Å². The normalized spacial score (nSPS) is 29.8. The molecular formula is C17H25NO4S. The maximum Gasteiger partial charge on any atom is 0.243 e. The third-order valence-corrected chi connectivity index (χ3v) is 7.14. The lowest BCUT2D eigenvalue weighted by Gasteiger charge is -2.39. The van der Waals surface area contributed by atoms with Gasteiger partial charge in [0.05, 0.1) is 30.3 Å². The first-order valence-corrected chi connectivity index (χ1v) is 9.70. The Morgan fingerprint density at radius 2 is 2.04 bits per heavy atom. The van der Waals surface area contributed by atoms with Crippen molar-refractivity contribution in [3.63, 3.8) is 0 Å². The molecule has 128 valence electrons. The van der Waals surface area contributed by atoms with Crippen molar-refractivity contribution in [2.24, 2.45) is 5.92 Å². The first-order chi connectivity index (χ1) is 10.9. The van der Waals surface area contributed by atoms with Crippen LogP contribution < -0.4 is 0 Å². The summed E-state index contributed by atoms with van der Waals surface area (Å²) in [7, 11) is -3.58. The van der Waals surface area contributed by atoms with E-state index in [0.29, 0.717) is 24.7 Å². The number of benzene rings is 1. The number of aliphatic hydroxyl groups excluding tert-OH is 1. The van der Waals surface area contributed by atoms with E-state index in [-0.39, 0.29) is 12.0 Å². The van der Waals surface area contributed by atoms with Gasteiger partial charge in [0.1, 0.15) is 0 Å². The molecule has 0 spiro atoms. The number of hydrogen-bond acceptors (Lipinski definition) is 4. The average molecular weight is 339 g/mol. The van der Waals surface area contributed by atoms with Crippen LogP contribution in [0.3, 0.4) is 0 Å². The highest BCUT2D eigenvalue weighted by molar-refractivity contribution is 7.89. The van der Waals surface area contributed by atoms with Gasteiger partial charge < -0.3 is 9.84 Å². The molecule has 1 aromatic carbocycles. The molecule has 0 bridgehead atoms. The second-order valence-corrected chi connectivity index (χ2v) is 8.55. The topological polar surface area (TPSA) is 66.8 Å². The predicted molar refractivity (Wildman–Crippen MR) is 87.8 cm³/mol. The van der Waals surface area contributed by atoms with Crippen LogP contribution >= 0.6 is 0 Å². The van der Waals surface area contributed by atoms with Crippen molar-refractivity contribution in [1.29, 1.82) is 0 Å².